The molecule has 0 saturated carbocycles. The molecule has 2 rings (SSSR count). The molecule has 0 heterocycles. The first-order chi connectivity index (χ1) is 10.2. The van der Waals surface area contributed by atoms with Crippen LogP contribution in [-0.2, 0) is 0 Å². The van der Waals surface area contributed by atoms with Crippen molar-refractivity contribution in [1.29, 1.82) is 0 Å². The Labute approximate surface area is 126 Å². The molecule has 0 aliphatic heterocycles. The highest BCUT2D eigenvalue weighted by Crippen LogP contribution is 2.21. The van der Waals surface area contributed by atoms with Crippen LogP contribution in [0.4, 0.5) is 11.4 Å². The molecule has 21 heavy (non-hydrogen) atoms. The van der Waals surface area contributed by atoms with Crippen molar-refractivity contribution in [2.24, 2.45) is 0 Å². The van der Waals surface area contributed by atoms with E-state index in [1.54, 1.807) is 0 Å². The van der Waals surface area contributed by atoms with Crippen LogP contribution in [0.25, 0.3) is 0 Å². The number of nitrogens with two attached hydrogens (primary N) is 1. The molecule has 0 unspecified atom stereocenters. The van der Waals surface area contributed by atoms with Crippen molar-refractivity contribution in [3.05, 3.63) is 48.5 Å². The Morgan fingerprint density at radius 1 is 0.952 bits per heavy atom. The summed E-state index contributed by atoms with van der Waals surface area (Å²) >= 11 is 0. The molecule has 4 nitrogen and oxygen atoms in total. The van der Waals surface area contributed by atoms with Crippen LogP contribution in [0.5, 0.6) is 11.5 Å². The Morgan fingerprint density at radius 3 is 2.19 bits per heavy atom. The predicted octanol–water partition coefficient (Wildman–Crippen LogP) is 3.18. The van der Waals surface area contributed by atoms with Gasteiger partial charge in [-0.25, -0.2) is 0 Å². The van der Waals surface area contributed by atoms with Gasteiger partial charge in [-0.2, -0.15) is 0 Å². The minimum atomic E-state index is 0.596. The van der Waals surface area contributed by atoms with E-state index in [0.717, 1.165) is 29.4 Å². The standard InChI is InChI=1S/C17H22N2O2/c1-3-20-14-8-10-15(11-9-14)21-13-12-19(2)17-7-5-4-6-16(17)18/h4-11H,3,12-13,18H2,1-2H3. The first kappa shape index (κ1) is 15.0. The molecule has 4 heteroatoms. The molecule has 0 aromatic heterocycles. The second-order valence-electron chi connectivity index (χ2n) is 4.73. The summed E-state index contributed by atoms with van der Waals surface area (Å²) < 4.78 is 11.1. The number of nitrogen functional groups attached to an aromatic ring is 1. The van der Waals surface area contributed by atoms with Crippen LogP contribution in [-0.4, -0.2) is 26.8 Å². The van der Waals surface area contributed by atoms with E-state index >= 15 is 0 Å². The summed E-state index contributed by atoms with van der Waals surface area (Å²) in [5.74, 6) is 1.70. The van der Waals surface area contributed by atoms with Crippen molar-refractivity contribution in [3.63, 3.8) is 0 Å². The van der Waals surface area contributed by atoms with E-state index in [-0.39, 0.29) is 0 Å². The van der Waals surface area contributed by atoms with Gasteiger partial charge in [0.2, 0.25) is 0 Å². The first-order valence-corrected chi connectivity index (χ1v) is 7.12. The summed E-state index contributed by atoms with van der Waals surface area (Å²) in [5.41, 5.74) is 7.75. The van der Waals surface area contributed by atoms with Crippen molar-refractivity contribution in [2.75, 3.05) is 37.4 Å². The van der Waals surface area contributed by atoms with Gasteiger partial charge in [0, 0.05) is 7.05 Å². The molecule has 0 amide bonds. The predicted molar refractivity (Wildman–Crippen MR) is 87.2 cm³/mol. The molecule has 2 aromatic rings. The van der Waals surface area contributed by atoms with Crippen LogP contribution in [0.15, 0.2) is 48.5 Å². The van der Waals surface area contributed by atoms with Gasteiger partial charge in [0.05, 0.1) is 24.5 Å². The Hall–Kier alpha value is -2.36. The number of rotatable bonds is 7. The van der Waals surface area contributed by atoms with Crippen molar-refractivity contribution in [2.45, 2.75) is 6.92 Å². The third-order valence-corrected chi connectivity index (χ3v) is 3.18. The largest absolute Gasteiger partial charge is 0.494 e. The van der Waals surface area contributed by atoms with Crippen LogP contribution in [0.2, 0.25) is 0 Å². The fourth-order valence-electron chi connectivity index (χ4n) is 2.05. The molecule has 2 aromatic carbocycles. The van der Waals surface area contributed by atoms with Crippen LogP contribution >= 0.6 is 0 Å². The normalized spacial score (nSPS) is 10.2. The Morgan fingerprint density at radius 2 is 1.57 bits per heavy atom. The maximum absolute atomic E-state index is 5.95. The molecule has 0 spiro atoms. The smallest absolute Gasteiger partial charge is 0.119 e. The molecule has 0 bridgehead atoms. The Kier molecular flexibility index (Phi) is 5.32. The van der Waals surface area contributed by atoms with Gasteiger partial charge >= 0.3 is 0 Å². The van der Waals surface area contributed by atoms with E-state index < -0.39 is 0 Å². The SMILES string of the molecule is CCOc1ccc(OCCN(C)c2ccccc2N)cc1. The van der Waals surface area contributed by atoms with Gasteiger partial charge in [0.25, 0.3) is 0 Å². The highest BCUT2D eigenvalue weighted by molar-refractivity contribution is 5.66. The number of ether oxygens (including phenoxy) is 2. The van der Waals surface area contributed by atoms with Gasteiger partial charge in [-0.05, 0) is 43.3 Å². The summed E-state index contributed by atoms with van der Waals surface area (Å²) in [4.78, 5) is 2.09. The van der Waals surface area contributed by atoms with E-state index in [1.807, 2.05) is 62.5 Å². The number of nitrogens with zero attached hydrogens (tertiary/aromatic N) is 1. The lowest BCUT2D eigenvalue weighted by Gasteiger charge is -2.21. The van der Waals surface area contributed by atoms with Crippen LogP contribution in [0.3, 0.4) is 0 Å². The molecular formula is C17H22N2O2. The number of likely N-dealkylation sites (N-methyl/N-ethyl adjacent to an activating group) is 1. The van der Waals surface area contributed by atoms with Gasteiger partial charge in [0.1, 0.15) is 18.1 Å². The summed E-state index contributed by atoms with van der Waals surface area (Å²) in [6.45, 7) is 4.00. The number of hydrogen-bond acceptors (Lipinski definition) is 4. The van der Waals surface area contributed by atoms with Gasteiger partial charge in [-0.3, -0.25) is 0 Å². The minimum absolute atomic E-state index is 0.596. The fourth-order valence-corrected chi connectivity index (χ4v) is 2.05. The number of hydrogen-bond donors (Lipinski definition) is 1. The number of benzene rings is 2. The summed E-state index contributed by atoms with van der Waals surface area (Å²) in [6, 6.07) is 15.5. The lowest BCUT2D eigenvalue weighted by molar-refractivity contribution is 0.321. The monoisotopic (exact) mass is 286 g/mol. The van der Waals surface area contributed by atoms with Gasteiger partial charge in [-0.1, -0.05) is 12.1 Å². The third-order valence-electron chi connectivity index (χ3n) is 3.18. The minimum Gasteiger partial charge on any atom is -0.494 e. The zero-order chi connectivity index (χ0) is 15.1. The first-order valence-electron chi connectivity index (χ1n) is 7.12. The molecular weight excluding hydrogens is 264 g/mol. The quantitative estimate of drug-likeness (QED) is 0.794. The zero-order valence-electron chi connectivity index (χ0n) is 12.6. The molecule has 0 radical (unpaired) electrons. The molecule has 0 aliphatic rings. The van der Waals surface area contributed by atoms with Gasteiger partial charge in [0.15, 0.2) is 0 Å². The highest BCUT2D eigenvalue weighted by atomic mass is 16.5. The lowest BCUT2D eigenvalue weighted by atomic mass is 10.2. The maximum atomic E-state index is 5.95. The summed E-state index contributed by atoms with van der Waals surface area (Å²) in [6.07, 6.45) is 0. The highest BCUT2D eigenvalue weighted by Gasteiger charge is 2.04. The average molecular weight is 286 g/mol. The van der Waals surface area contributed by atoms with Gasteiger partial charge in [-0.15, -0.1) is 0 Å². The summed E-state index contributed by atoms with van der Waals surface area (Å²) in [7, 11) is 2.01. The van der Waals surface area contributed by atoms with E-state index in [4.69, 9.17) is 15.2 Å². The topological polar surface area (TPSA) is 47.7 Å². The zero-order valence-corrected chi connectivity index (χ0v) is 12.6. The van der Waals surface area contributed by atoms with Crippen molar-refractivity contribution in [1.82, 2.24) is 0 Å². The van der Waals surface area contributed by atoms with E-state index in [1.165, 1.54) is 0 Å². The molecule has 2 N–H and O–H groups in total. The number of anilines is 2. The van der Waals surface area contributed by atoms with Crippen molar-refractivity contribution < 1.29 is 9.47 Å². The van der Waals surface area contributed by atoms with E-state index in [9.17, 15) is 0 Å². The van der Waals surface area contributed by atoms with Crippen molar-refractivity contribution in [3.8, 4) is 11.5 Å². The van der Waals surface area contributed by atoms with Crippen LogP contribution in [0, 0.1) is 0 Å². The maximum Gasteiger partial charge on any atom is 0.119 e. The molecule has 0 aliphatic carbocycles. The van der Waals surface area contributed by atoms with E-state index in [2.05, 4.69) is 4.90 Å². The second-order valence-corrected chi connectivity index (χ2v) is 4.73. The Bertz CT molecular complexity index is 555. The summed E-state index contributed by atoms with van der Waals surface area (Å²) in [5, 5.41) is 0. The average Bonchev–Trinajstić information content (AvgIpc) is 2.49. The van der Waals surface area contributed by atoms with Crippen LogP contribution < -0.4 is 20.1 Å². The fraction of sp³-hybridized carbons (Fsp3) is 0.294. The Balaban J connectivity index is 1.82. The molecule has 0 saturated heterocycles. The third kappa shape index (κ3) is 4.31. The van der Waals surface area contributed by atoms with Gasteiger partial charge < -0.3 is 20.1 Å². The number of para-hydroxylation sites is 2. The molecule has 112 valence electrons. The molecule has 0 fully saturated rings. The second kappa shape index (κ2) is 7.43. The van der Waals surface area contributed by atoms with Crippen LogP contribution in [0.1, 0.15) is 6.92 Å². The molecule has 0 atom stereocenters. The van der Waals surface area contributed by atoms with Crippen molar-refractivity contribution >= 4 is 11.4 Å². The lowest BCUT2D eigenvalue weighted by Crippen LogP contribution is -2.24. The van der Waals surface area contributed by atoms with E-state index in [0.29, 0.717) is 13.2 Å².